The van der Waals surface area contributed by atoms with Gasteiger partial charge in [0.15, 0.2) is 11.5 Å². The van der Waals surface area contributed by atoms with Gasteiger partial charge < -0.3 is 14.6 Å². The summed E-state index contributed by atoms with van der Waals surface area (Å²) in [6, 6.07) is 16.0. The third kappa shape index (κ3) is 3.79. The third-order valence-corrected chi connectivity index (χ3v) is 5.72. The number of H-pyrrole nitrogens is 1. The summed E-state index contributed by atoms with van der Waals surface area (Å²) >= 11 is 0. The lowest BCUT2D eigenvalue weighted by atomic mass is 10.2. The zero-order valence-corrected chi connectivity index (χ0v) is 17.8. The Morgan fingerprint density at radius 2 is 1.91 bits per heavy atom. The fraction of sp³-hybridized carbons (Fsp3) is 0.167. The van der Waals surface area contributed by atoms with Gasteiger partial charge in [0.25, 0.3) is 0 Å². The van der Waals surface area contributed by atoms with Crippen LogP contribution in [0.15, 0.2) is 72.2 Å². The molecule has 1 fully saturated rings. The summed E-state index contributed by atoms with van der Waals surface area (Å²) in [5.74, 6) is 1.61. The number of pyridine rings is 1. The molecule has 0 radical (unpaired) electrons. The Kier molecular flexibility index (Phi) is 4.93. The SMILES string of the molecule is C(=N/Nc1cc(N2CCOCC2)n2nc(-c3ccncc3)cc2n1)/c1c[nH]c2ccccc12. The first-order valence-electron chi connectivity index (χ1n) is 10.8. The minimum absolute atomic E-state index is 0.654. The highest BCUT2D eigenvalue weighted by molar-refractivity contribution is 5.99. The number of hydrazone groups is 1. The molecule has 2 N–H and O–H groups in total. The van der Waals surface area contributed by atoms with Gasteiger partial charge >= 0.3 is 0 Å². The second-order valence-electron chi connectivity index (χ2n) is 7.79. The van der Waals surface area contributed by atoms with E-state index < -0.39 is 0 Å². The van der Waals surface area contributed by atoms with Crippen LogP contribution in [-0.2, 0) is 4.74 Å². The number of nitrogens with zero attached hydrogens (tertiary/aromatic N) is 6. The number of ether oxygens (including phenoxy) is 1. The van der Waals surface area contributed by atoms with Crippen LogP contribution in [0.4, 0.5) is 11.6 Å². The van der Waals surface area contributed by atoms with Crippen molar-refractivity contribution in [1.82, 2.24) is 24.6 Å². The summed E-state index contributed by atoms with van der Waals surface area (Å²) in [6.45, 7) is 2.96. The van der Waals surface area contributed by atoms with E-state index in [0.29, 0.717) is 19.0 Å². The molecule has 6 rings (SSSR count). The minimum atomic E-state index is 0.654. The lowest BCUT2D eigenvalue weighted by molar-refractivity contribution is 0.122. The highest BCUT2D eigenvalue weighted by Crippen LogP contribution is 2.25. The van der Waals surface area contributed by atoms with Crippen molar-refractivity contribution in [2.24, 2.45) is 5.10 Å². The van der Waals surface area contributed by atoms with E-state index in [0.717, 1.165) is 52.3 Å². The van der Waals surface area contributed by atoms with Crippen molar-refractivity contribution in [2.75, 3.05) is 36.6 Å². The first kappa shape index (κ1) is 19.4. The van der Waals surface area contributed by atoms with Crippen molar-refractivity contribution in [3.8, 4) is 11.3 Å². The molecular formula is C24H22N8O. The van der Waals surface area contributed by atoms with Crippen LogP contribution in [0.5, 0.6) is 0 Å². The number of morpholine rings is 1. The molecule has 0 spiro atoms. The van der Waals surface area contributed by atoms with Crippen LogP contribution >= 0.6 is 0 Å². The van der Waals surface area contributed by atoms with Crippen molar-refractivity contribution in [2.45, 2.75) is 0 Å². The molecule has 0 aliphatic carbocycles. The van der Waals surface area contributed by atoms with E-state index in [2.05, 4.69) is 31.5 Å². The summed E-state index contributed by atoms with van der Waals surface area (Å²) in [5.41, 5.74) is 7.78. The molecule has 0 bridgehead atoms. The van der Waals surface area contributed by atoms with E-state index in [1.54, 1.807) is 18.6 Å². The van der Waals surface area contributed by atoms with Crippen LogP contribution in [-0.4, -0.2) is 57.1 Å². The number of anilines is 2. The number of hydrogen-bond acceptors (Lipinski definition) is 7. The summed E-state index contributed by atoms with van der Waals surface area (Å²) in [5, 5.41) is 10.4. The van der Waals surface area contributed by atoms with Gasteiger partial charge in [0, 0.05) is 65.8 Å². The molecule has 164 valence electrons. The molecule has 33 heavy (non-hydrogen) atoms. The zero-order valence-electron chi connectivity index (χ0n) is 17.8. The van der Waals surface area contributed by atoms with Gasteiger partial charge in [-0.15, -0.1) is 0 Å². The normalized spacial score (nSPS) is 14.5. The molecule has 4 aromatic heterocycles. The van der Waals surface area contributed by atoms with Crippen molar-refractivity contribution >= 4 is 34.4 Å². The number of benzene rings is 1. The van der Waals surface area contributed by atoms with Crippen LogP contribution in [0.25, 0.3) is 27.8 Å². The van der Waals surface area contributed by atoms with Crippen molar-refractivity contribution < 1.29 is 4.74 Å². The van der Waals surface area contributed by atoms with Crippen LogP contribution < -0.4 is 10.3 Å². The maximum Gasteiger partial charge on any atom is 0.160 e. The van der Waals surface area contributed by atoms with Crippen LogP contribution in [0.2, 0.25) is 0 Å². The fourth-order valence-corrected chi connectivity index (χ4v) is 4.07. The monoisotopic (exact) mass is 438 g/mol. The third-order valence-electron chi connectivity index (χ3n) is 5.72. The Morgan fingerprint density at radius 1 is 1.06 bits per heavy atom. The molecule has 0 atom stereocenters. The quantitative estimate of drug-likeness (QED) is 0.322. The average Bonchev–Trinajstić information content (AvgIpc) is 3.49. The van der Waals surface area contributed by atoms with Crippen LogP contribution in [0, 0.1) is 0 Å². The average molecular weight is 438 g/mol. The highest BCUT2D eigenvalue weighted by atomic mass is 16.5. The number of para-hydroxylation sites is 1. The Labute approximate surface area is 189 Å². The molecule has 0 amide bonds. The predicted octanol–water partition coefficient (Wildman–Crippen LogP) is 3.56. The number of aromatic nitrogens is 5. The largest absolute Gasteiger partial charge is 0.378 e. The molecule has 1 aliphatic heterocycles. The van der Waals surface area contributed by atoms with E-state index in [1.807, 2.05) is 53.2 Å². The smallest absolute Gasteiger partial charge is 0.160 e. The first-order valence-corrected chi connectivity index (χ1v) is 10.8. The molecule has 1 saturated heterocycles. The van der Waals surface area contributed by atoms with E-state index >= 15 is 0 Å². The second-order valence-corrected chi connectivity index (χ2v) is 7.79. The summed E-state index contributed by atoms with van der Waals surface area (Å²) in [6.07, 6.45) is 7.28. The molecule has 5 heterocycles. The first-order chi connectivity index (χ1) is 16.3. The van der Waals surface area contributed by atoms with E-state index in [9.17, 15) is 0 Å². The van der Waals surface area contributed by atoms with Gasteiger partial charge in [0.05, 0.1) is 25.1 Å². The lowest BCUT2D eigenvalue weighted by Gasteiger charge is -2.29. The second kappa shape index (κ2) is 8.36. The molecule has 1 aromatic carbocycles. The van der Waals surface area contributed by atoms with Gasteiger partial charge in [-0.25, -0.2) is 4.98 Å². The Hall–Kier alpha value is -4.24. The summed E-state index contributed by atoms with van der Waals surface area (Å²) < 4.78 is 7.43. The van der Waals surface area contributed by atoms with Crippen molar-refractivity contribution in [3.05, 3.63) is 72.7 Å². The van der Waals surface area contributed by atoms with Gasteiger partial charge in [0.1, 0.15) is 5.82 Å². The fourth-order valence-electron chi connectivity index (χ4n) is 4.07. The molecule has 0 saturated carbocycles. The Bertz CT molecular complexity index is 1430. The zero-order chi connectivity index (χ0) is 22.0. The minimum Gasteiger partial charge on any atom is -0.378 e. The number of aromatic amines is 1. The molecule has 0 unspecified atom stereocenters. The van der Waals surface area contributed by atoms with Crippen molar-refractivity contribution in [3.63, 3.8) is 0 Å². The number of hydrogen-bond donors (Lipinski definition) is 2. The Balaban J connectivity index is 1.36. The van der Waals surface area contributed by atoms with Gasteiger partial charge in [-0.2, -0.15) is 14.7 Å². The van der Waals surface area contributed by atoms with E-state index in [1.165, 1.54) is 0 Å². The molecular weight excluding hydrogens is 416 g/mol. The molecule has 9 nitrogen and oxygen atoms in total. The topological polar surface area (TPSA) is 95.7 Å². The van der Waals surface area contributed by atoms with Gasteiger partial charge in [0.2, 0.25) is 0 Å². The maximum absolute atomic E-state index is 5.54. The summed E-state index contributed by atoms with van der Waals surface area (Å²) in [7, 11) is 0. The van der Waals surface area contributed by atoms with Crippen LogP contribution in [0.1, 0.15) is 5.56 Å². The van der Waals surface area contributed by atoms with Crippen LogP contribution in [0.3, 0.4) is 0 Å². The Morgan fingerprint density at radius 3 is 2.79 bits per heavy atom. The van der Waals surface area contributed by atoms with Gasteiger partial charge in [-0.3, -0.25) is 10.4 Å². The number of nitrogens with one attached hydrogen (secondary N) is 2. The molecule has 5 aromatic rings. The summed E-state index contributed by atoms with van der Waals surface area (Å²) in [4.78, 5) is 14.4. The predicted molar refractivity (Wildman–Crippen MR) is 129 cm³/mol. The molecule has 9 heteroatoms. The standard InChI is InChI=1S/C24H22N8O/c1-2-4-20-19(3-1)18(15-26-20)16-27-29-22-14-24(31-9-11-33-12-10-31)32-23(28-22)13-21(30-32)17-5-7-25-8-6-17/h1-8,13-16,26H,9-12H2,(H,28,29)/b27-16-. The number of rotatable bonds is 5. The van der Waals surface area contributed by atoms with Gasteiger partial charge in [-0.1, -0.05) is 18.2 Å². The van der Waals surface area contributed by atoms with E-state index in [-0.39, 0.29) is 0 Å². The number of fused-ring (bicyclic) bond motifs is 2. The van der Waals surface area contributed by atoms with Gasteiger partial charge in [-0.05, 0) is 18.2 Å². The highest BCUT2D eigenvalue weighted by Gasteiger charge is 2.18. The molecule has 1 aliphatic rings. The van der Waals surface area contributed by atoms with Crippen molar-refractivity contribution in [1.29, 1.82) is 0 Å². The lowest BCUT2D eigenvalue weighted by Crippen LogP contribution is -2.37. The maximum atomic E-state index is 5.54. The van der Waals surface area contributed by atoms with E-state index in [4.69, 9.17) is 14.8 Å².